The van der Waals surface area contributed by atoms with E-state index in [-0.39, 0.29) is 5.56 Å². The second-order valence-corrected chi connectivity index (χ2v) is 6.78. The van der Waals surface area contributed by atoms with E-state index in [4.69, 9.17) is 0 Å². The van der Waals surface area contributed by atoms with Gasteiger partial charge in [-0.2, -0.15) is 5.10 Å². The number of piperidine rings is 1. The summed E-state index contributed by atoms with van der Waals surface area (Å²) in [5.74, 6) is 0. The Kier molecular flexibility index (Phi) is 4.00. The number of likely N-dealkylation sites (tertiary alicyclic amines) is 1. The normalized spacial score (nSPS) is 21.8. The van der Waals surface area contributed by atoms with Gasteiger partial charge in [-0.15, -0.1) is 0 Å². The van der Waals surface area contributed by atoms with Crippen LogP contribution in [0.5, 0.6) is 0 Å². The Morgan fingerprint density at radius 3 is 2.70 bits per heavy atom. The summed E-state index contributed by atoms with van der Waals surface area (Å²) in [5.41, 5.74) is 4.71. The number of fused-ring (bicyclic) bond motifs is 1. The van der Waals surface area contributed by atoms with Crippen molar-refractivity contribution in [1.29, 1.82) is 0 Å². The van der Waals surface area contributed by atoms with Crippen LogP contribution in [-0.4, -0.2) is 34.2 Å². The van der Waals surface area contributed by atoms with Crippen LogP contribution in [-0.2, 0) is 12.8 Å². The molecule has 0 radical (unpaired) electrons. The highest BCUT2D eigenvalue weighted by Crippen LogP contribution is 2.29. The van der Waals surface area contributed by atoms with Crippen molar-refractivity contribution in [3.05, 3.63) is 51.8 Å². The van der Waals surface area contributed by atoms with Crippen molar-refractivity contribution in [2.75, 3.05) is 13.1 Å². The molecule has 4 rings (SSSR count). The van der Waals surface area contributed by atoms with Crippen molar-refractivity contribution in [1.82, 2.24) is 15.1 Å². The van der Waals surface area contributed by atoms with Gasteiger partial charge in [0.2, 0.25) is 0 Å². The molecule has 0 saturated carbocycles. The molecule has 1 unspecified atom stereocenters. The fourth-order valence-electron chi connectivity index (χ4n) is 4.00. The first-order valence-electron chi connectivity index (χ1n) is 8.71. The Morgan fingerprint density at radius 2 is 1.91 bits per heavy atom. The van der Waals surface area contributed by atoms with Gasteiger partial charge in [-0.1, -0.05) is 18.6 Å². The third-order valence-electron chi connectivity index (χ3n) is 5.29. The lowest BCUT2D eigenvalue weighted by Gasteiger charge is -2.37. The van der Waals surface area contributed by atoms with Crippen molar-refractivity contribution >= 4 is 0 Å². The van der Waals surface area contributed by atoms with E-state index >= 15 is 0 Å². The van der Waals surface area contributed by atoms with E-state index in [1.54, 1.807) is 6.07 Å². The number of H-pyrrole nitrogens is 1. The maximum absolute atomic E-state index is 11.1. The lowest BCUT2D eigenvalue weighted by molar-refractivity contribution is 0.150. The summed E-state index contributed by atoms with van der Waals surface area (Å²) in [6, 6.07) is 10.7. The maximum Gasteiger partial charge on any atom is 0.264 e. The summed E-state index contributed by atoms with van der Waals surface area (Å²) in [7, 11) is 0. The number of benzene rings is 1. The van der Waals surface area contributed by atoms with Gasteiger partial charge in [0.15, 0.2) is 0 Å². The Bertz CT molecular complexity index is 726. The third kappa shape index (κ3) is 3.08. The molecule has 0 bridgehead atoms. The van der Waals surface area contributed by atoms with E-state index < -0.39 is 0 Å². The molecule has 23 heavy (non-hydrogen) atoms. The van der Waals surface area contributed by atoms with Crippen LogP contribution >= 0.6 is 0 Å². The predicted molar refractivity (Wildman–Crippen MR) is 91.5 cm³/mol. The molecule has 2 aromatic rings. The fraction of sp³-hybridized carbons (Fsp3) is 0.474. The number of rotatable bonds is 2. The first-order valence-corrected chi connectivity index (χ1v) is 8.71. The summed E-state index contributed by atoms with van der Waals surface area (Å²) in [5, 5.41) is 6.66. The number of nitrogens with one attached hydrogen (secondary N) is 1. The van der Waals surface area contributed by atoms with Crippen LogP contribution in [0.15, 0.2) is 35.1 Å². The van der Waals surface area contributed by atoms with Crippen LogP contribution in [0.3, 0.4) is 0 Å². The highest BCUT2D eigenvalue weighted by atomic mass is 16.1. The summed E-state index contributed by atoms with van der Waals surface area (Å²) < 4.78 is 0. The van der Waals surface area contributed by atoms with Gasteiger partial charge >= 0.3 is 0 Å². The smallest absolute Gasteiger partial charge is 0.264 e. The molecular formula is C19H23N3O. The van der Waals surface area contributed by atoms with Crippen molar-refractivity contribution in [3.63, 3.8) is 0 Å². The van der Waals surface area contributed by atoms with Crippen LogP contribution in [0.25, 0.3) is 11.3 Å². The van der Waals surface area contributed by atoms with E-state index in [0.717, 1.165) is 23.7 Å². The molecule has 1 aliphatic carbocycles. The molecule has 4 heteroatoms. The van der Waals surface area contributed by atoms with Crippen LogP contribution in [0.1, 0.15) is 36.8 Å². The molecule has 1 N–H and O–H groups in total. The van der Waals surface area contributed by atoms with Gasteiger partial charge < -0.3 is 4.90 Å². The van der Waals surface area contributed by atoms with Gasteiger partial charge in [0.1, 0.15) is 0 Å². The molecular weight excluding hydrogens is 286 g/mol. The average molecular weight is 309 g/mol. The zero-order valence-corrected chi connectivity index (χ0v) is 13.4. The number of aromatic nitrogens is 2. The SMILES string of the molecule is O=c1ccc(-c2ccc3c(c2)CCC(N2CCCCC2)C3)n[nH]1. The van der Waals surface area contributed by atoms with Crippen LogP contribution < -0.4 is 5.56 Å². The molecule has 1 saturated heterocycles. The number of hydrogen-bond donors (Lipinski definition) is 1. The van der Waals surface area contributed by atoms with Gasteiger partial charge in [0.05, 0.1) is 5.69 Å². The largest absolute Gasteiger partial charge is 0.300 e. The van der Waals surface area contributed by atoms with Gasteiger partial charge in [-0.05, 0) is 68.5 Å². The van der Waals surface area contributed by atoms with Crippen molar-refractivity contribution in [3.8, 4) is 11.3 Å². The first kappa shape index (κ1) is 14.6. The minimum atomic E-state index is -0.156. The summed E-state index contributed by atoms with van der Waals surface area (Å²) in [4.78, 5) is 13.8. The van der Waals surface area contributed by atoms with Crippen molar-refractivity contribution in [2.24, 2.45) is 0 Å². The monoisotopic (exact) mass is 309 g/mol. The third-order valence-corrected chi connectivity index (χ3v) is 5.29. The Hall–Kier alpha value is -1.94. The quantitative estimate of drug-likeness (QED) is 0.928. The summed E-state index contributed by atoms with van der Waals surface area (Å²) >= 11 is 0. The predicted octanol–water partition coefficient (Wildman–Crippen LogP) is 2.78. The van der Waals surface area contributed by atoms with Crippen molar-refractivity contribution in [2.45, 2.75) is 44.6 Å². The molecule has 2 heterocycles. The second-order valence-electron chi connectivity index (χ2n) is 6.78. The van der Waals surface area contributed by atoms with Gasteiger partial charge in [-0.25, -0.2) is 5.10 Å². The standard InChI is InChI=1S/C19H23N3O/c23-19-9-8-18(20-21-19)16-5-4-15-13-17(7-6-14(15)12-16)22-10-2-1-3-11-22/h4-5,8-9,12,17H,1-3,6-7,10-11,13H2,(H,21,23). The number of hydrogen-bond acceptors (Lipinski definition) is 3. The van der Waals surface area contributed by atoms with E-state index in [1.807, 2.05) is 0 Å². The second kappa shape index (κ2) is 6.28. The highest BCUT2D eigenvalue weighted by molar-refractivity contribution is 5.60. The fourth-order valence-corrected chi connectivity index (χ4v) is 4.00. The molecule has 0 amide bonds. The van der Waals surface area contributed by atoms with Crippen LogP contribution in [0.4, 0.5) is 0 Å². The van der Waals surface area contributed by atoms with E-state index in [9.17, 15) is 4.79 Å². The van der Waals surface area contributed by atoms with E-state index in [2.05, 4.69) is 33.3 Å². The molecule has 1 aromatic heterocycles. The van der Waals surface area contributed by atoms with E-state index in [1.165, 1.54) is 62.4 Å². The zero-order chi connectivity index (χ0) is 15.6. The Balaban J connectivity index is 1.54. The molecule has 120 valence electrons. The van der Waals surface area contributed by atoms with Crippen molar-refractivity contribution < 1.29 is 0 Å². The molecule has 1 fully saturated rings. The van der Waals surface area contributed by atoms with Gasteiger partial charge in [-0.3, -0.25) is 4.79 Å². The molecule has 2 aliphatic rings. The maximum atomic E-state index is 11.1. The molecule has 0 spiro atoms. The molecule has 1 aromatic carbocycles. The number of aryl methyl sites for hydroxylation is 1. The average Bonchev–Trinajstić information content (AvgIpc) is 2.62. The zero-order valence-electron chi connectivity index (χ0n) is 13.4. The minimum absolute atomic E-state index is 0.156. The highest BCUT2D eigenvalue weighted by Gasteiger charge is 2.25. The first-order chi connectivity index (χ1) is 11.3. The lowest BCUT2D eigenvalue weighted by Crippen LogP contribution is -2.42. The van der Waals surface area contributed by atoms with Crippen LogP contribution in [0.2, 0.25) is 0 Å². The minimum Gasteiger partial charge on any atom is -0.300 e. The lowest BCUT2D eigenvalue weighted by atomic mass is 9.85. The van der Waals surface area contributed by atoms with Gasteiger partial charge in [0.25, 0.3) is 5.56 Å². The summed E-state index contributed by atoms with van der Waals surface area (Å²) in [6.45, 7) is 2.55. The summed E-state index contributed by atoms with van der Waals surface area (Å²) in [6.07, 6.45) is 7.70. The topological polar surface area (TPSA) is 49.0 Å². The Morgan fingerprint density at radius 1 is 1.04 bits per heavy atom. The van der Waals surface area contributed by atoms with Gasteiger partial charge in [0, 0.05) is 17.7 Å². The van der Waals surface area contributed by atoms with E-state index in [0.29, 0.717) is 0 Å². The van der Waals surface area contributed by atoms with Crippen LogP contribution in [0, 0.1) is 0 Å². The molecule has 4 nitrogen and oxygen atoms in total. The molecule has 1 aliphatic heterocycles. The molecule has 1 atom stereocenters. The number of nitrogens with zero attached hydrogens (tertiary/aromatic N) is 2. The Labute approximate surface area is 136 Å². The number of aromatic amines is 1.